The second kappa shape index (κ2) is 40.4. The summed E-state index contributed by atoms with van der Waals surface area (Å²) in [7, 11) is 0. The second-order valence-corrected chi connectivity index (χ2v) is 21.1. The molecule has 19 heteroatoms. The van der Waals surface area contributed by atoms with Gasteiger partial charge in [-0.05, 0) is 32.1 Å². The molecular weight excluding hydrogens is 975 g/mol. The summed E-state index contributed by atoms with van der Waals surface area (Å²) in [5.74, 6) is -0.291. The van der Waals surface area contributed by atoms with E-state index in [0.29, 0.717) is 12.8 Å². The number of carbonyl (C=O) groups excluding carboxylic acids is 1. The van der Waals surface area contributed by atoms with Crippen molar-refractivity contribution in [3.05, 3.63) is 24.3 Å². The number of hydrogen-bond donors (Lipinski definition) is 12. The molecule has 0 aromatic heterocycles. The van der Waals surface area contributed by atoms with Crippen LogP contribution in [-0.2, 0) is 33.2 Å². The average molecular weight is 1080 g/mol. The lowest BCUT2D eigenvalue weighted by atomic mass is 9.96. The summed E-state index contributed by atoms with van der Waals surface area (Å²) in [6, 6.07) is -0.983. The van der Waals surface area contributed by atoms with Crippen molar-refractivity contribution in [3.63, 3.8) is 0 Å². The predicted octanol–water partition coefficient (Wildman–Crippen LogP) is 4.37. The van der Waals surface area contributed by atoms with Crippen molar-refractivity contribution in [1.29, 1.82) is 0 Å². The number of carbonyl (C=O) groups is 1. The monoisotopic (exact) mass is 1080 g/mol. The van der Waals surface area contributed by atoms with Gasteiger partial charge >= 0.3 is 0 Å². The van der Waals surface area contributed by atoms with Crippen molar-refractivity contribution in [3.8, 4) is 0 Å². The highest BCUT2D eigenvalue weighted by atomic mass is 16.8. The lowest BCUT2D eigenvalue weighted by Gasteiger charge is -2.48. The van der Waals surface area contributed by atoms with Crippen LogP contribution in [-0.4, -0.2) is 193 Å². The van der Waals surface area contributed by atoms with Gasteiger partial charge in [0.2, 0.25) is 5.91 Å². The summed E-state index contributed by atoms with van der Waals surface area (Å²) in [4.78, 5) is 13.2. The Morgan fingerprint density at radius 2 is 0.853 bits per heavy atom. The molecule has 0 saturated carbocycles. The minimum atomic E-state index is -1.98. The molecule has 440 valence electrons. The van der Waals surface area contributed by atoms with E-state index in [1.54, 1.807) is 6.08 Å². The summed E-state index contributed by atoms with van der Waals surface area (Å²) < 4.78 is 34.1. The van der Waals surface area contributed by atoms with Gasteiger partial charge in [0.15, 0.2) is 18.9 Å². The fourth-order valence-electron chi connectivity index (χ4n) is 9.91. The maximum Gasteiger partial charge on any atom is 0.220 e. The minimum absolute atomic E-state index is 0.237. The van der Waals surface area contributed by atoms with Crippen LogP contribution in [0.15, 0.2) is 24.3 Å². The molecule has 1 amide bonds. The van der Waals surface area contributed by atoms with Gasteiger partial charge in [0.1, 0.15) is 73.2 Å². The summed E-state index contributed by atoms with van der Waals surface area (Å²) in [5.41, 5.74) is 0. The first kappa shape index (κ1) is 67.5. The molecule has 3 saturated heterocycles. The normalized spacial score (nSPS) is 31.3. The van der Waals surface area contributed by atoms with Crippen LogP contribution >= 0.6 is 0 Å². The Balaban J connectivity index is 1.48. The van der Waals surface area contributed by atoms with Crippen LogP contribution in [0.25, 0.3) is 0 Å². The molecule has 3 aliphatic heterocycles. The summed E-state index contributed by atoms with van der Waals surface area (Å²) in [5, 5.41) is 120. The van der Waals surface area contributed by atoms with Gasteiger partial charge in [0, 0.05) is 6.42 Å². The number of allylic oxidation sites excluding steroid dienone is 3. The fourth-order valence-corrected chi connectivity index (χ4v) is 9.91. The molecule has 75 heavy (non-hydrogen) atoms. The molecule has 3 aliphatic rings. The first-order valence-corrected chi connectivity index (χ1v) is 29.1. The van der Waals surface area contributed by atoms with E-state index in [-0.39, 0.29) is 18.9 Å². The van der Waals surface area contributed by atoms with Crippen LogP contribution in [0.1, 0.15) is 194 Å². The van der Waals surface area contributed by atoms with Crippen LogP contribution in [0.3, 0.4) is 0 Å². The molecular formula is C56H103NO18. The highest BCUT2D eigenvalue weighted by molar-refractivity contribution is 5.76. The summed E-state index contributed by atoms with van der Waals surface area (Å²) in [6.45, 7) is 1.65. The zero-order chi connectivity index (χ0) is 54.8. The first-order chi connectivity index (χ1) is 36.3. The molecule has 17 atom stereocenters. The van der Waals surface area contributed by atoms with Crippen molar-refractivity contribution < 1.29 is 89.4 Å². The Labute approximate surface area is 448 Å². The van der Waals surface area contributed by atoms with Gasteiger partial charge in [-0.1, -0.05) is 179 Å². The van der Waals surface area contributed by atoms with Gasteiger partial charge in [0.05, 0.1) is 38.6 Å². The molecule has 0 aromatic carbocycles. The van der Waals surface area contributed by atoms with E-state index < -0.39 is 124 Å². The van der Waals surface area contributed by atoms with Crippen molar-refractivity contribution in [2.24, 2.45) is 0 Å². The first-order valence-electron chi connectivity index (χ1n) is 29.1. The van der Waals surface area contributed by atoms with Crippen LogP contribution in [0.5, 0.6) is 0 Å². The number of ether oxygens (including phenoxy) is 6. The number of nitrogens with one attached hydrogen (secondary N) is 1. The van der Waals surface area contributed by atoms with Crippen molar-refractivity contribution in [1.82, 2.24) is 5.32 Å². The molecule has 12 N–H and O–H groups in total. The van der Waals surface area contributed by atoms with Crippen molar-refractivity contribution in [2.75, 3.05) is 26.4 Å². The molecule has 0 aliphatic carbocycles. The van der Waals surface area contributed by atoms with E-state index >= 15 is 0 Å². The van der Waals surface area contributed by atoms with E-state index in [1.807, 2.05) is 6.08 Å². The highest BCUT2D eigenvalue weighted by Crippen LogP contribution is 2.33. The molecule has 3 rings (SSSR count). The Bertz CT molecular complexity index is 1480. The lowest BCUT2D eigenvalue weighted by molar-refractivity contribution is -0.379. The zero-order valence-electron chi connectivity index (χ0n) is 45.5. The predicted molar refractivity (Wildman–Crippen MR) is 282 cm³/mol. The van der Waals surface area contributed by atoms with E-state index in [0.717, 1.165) is 44.9 Å². The molecule has 3 heterocycles. The largest absolute Gasteiger partial charge is 0.394 e. The maximum absolute atomic E-state index is 13.2. The third-order valence-electron chi connectivity index (χ3n) is 14.8. The number of aliphatic hydroxyl groups excluding tert-OH is 11. The van der Waals surface area contributed by atoms with E-state index in [1.165, 1.54) is 116 Å². The highest BCUT2D eigenvalue weighted by Gasteiger charge is 2.53. The van der Waals surface area contributed by atoms with Gasteiger partial charge in [-0.25, -0.2) is 0 Å². The third-order valence-corrected chi connectivity index (χ3v) is 14.8. The van der Waals surface area contributed by atoms with Crippen LogP contribution < -0.4 is 5.32 Å². The maximum atomic E-state index is 13.2. The molecule has 17 unspecified atom stereocenters. The minimum Gasteiger partial charge on any atom is -0.394 e. The Kier molecular flexibility index (Phi) is 36.4. The van der Waals surface area contributed by atoms with E-state index in [4.69, 9.17) is 28.4 Å². The Morgan fingerprint density at radius 3 is 1.33 bits per heavy atom. The third kappa shape index (κ3) is 25.1. The number of rotatable bonds is 42. The fraction of sp³-hybridized carbons (Fsp3) is 0.911. The van der Waals surface area contributed by atoms with Crippen molar-refractivity contribution in [2.45, 2.75) is 298 Å². The standard InChI is InChI=1S/C56H103NO18/c1-3-5-7-9-11-13-14-15-16-17-18-19-20-21-22-23-24-25-26-27-29-31-33-40(61)39(57-44(62)34-32-30-28-12-10-8-6-4-2)38-70-54-50(68)47(65)52(42(36-59)72-54)75-56-51(69)48(66)53(43(37-60)73-56)74-55-49(67)46(64)45(63)41(35-58)71-55/h25-26,31,33,39-43,45-56,58-61,63-69H,3-24,27-30,32,34-38H2,1-2H3,(H,57,62)/b26-25+,33-31+. The molecule has 19 nitrogen and oxygen atoms in total. The van der Waals surface area contributed by atoms with Crippen LogP contribution in [0, 0.1) is 0 Å². The van der Waals surface area contributed by atoms with Gasteiger partial charge in [-0.3, -0.25) is 4.79 Å². The van der Waals surface area contributed by atoms with E-state index in [9.17, 15) is 61.0 Å². The molecule has 0 radical (unpaired) electrons. The smallest absolute Gasteiger partial charge is 0.220 e. The number of aliphatic hydroxyl groups is 11. The number of amides is 1. The van der Waals surface area contributed by atoms with E-state index in [2.05, 4.69) is 31.3 Å². The number of hydrogen-bond acceptors (Lipinski definition) is 18. The topological polar surface area (TPSA) is 307 Å². The molecule has 0 spiro atoms. The van der Waals surface area contributed by atoms with Crippen LogP contribution in [0.2, 0.25) is 0 Å². The van der Waals surface area contributed by atoms with Gasteiger partial charge < -0.3 is 89.9 Å². The Hall–Kier alpha value is -1.73. The quantitative estimate of drug-likeness (QED) is 0.0298. The molecule has 0 aromatic rings. The zero-order valence-corrected chi connectivity index (χ0v) is 45.5. The summed E-state index contributed by atoms with van der Waals surface area (Å²) in [6.07, 6.45) is 13.5. The lowest BCUT2D eigenvalue weighted by Crippen LogP contribution is -2.66. The van der Waals surface area contributed by atoms with Gasteiger partial charge in [-0.15, -0.1) is 0 Å². The van der Waals surface area contributed by atoms with Gasteiger partial charge in [-0.2, -0.15) is 0 Å². The molecule has 3 fully saturated rings. The number of unbranched alkanes of at least 4 members (excludes halogenated alkanes) is 24. The van der Waals surface area contributed by atoms with Crippen LogP contribution in [0.4, 0.5) is 0 Å². The average Bonchev–Trinajstić information content (AvgIpc) is 3.41. The van der Waals surface area contributed by atoms with Gasteiger partial charge in [0.25, 0.3) is 0 Å². The SMILES string of the molecule is CCCCCCCCCCCCCCCCCC/C=C/CC/C=C/C(O)C(COC1OC(CO)C(OC2OC(CO)C(OC3OC(CO)C(O)C(O)C3O)C(O)C2O)C(O)C1O)NC(=O)CCCCCCCCCC. The Morgan fingerprint density at radius 1 is 0.467 bits per heavy atom. The summed E-state index contributed by atoms with van der Waals surface area (Å²) >= 11 is 0. The van der Waals surface area contributed by atoms with Crippen molar-refractivity contribution >= 4 is 5.91 Å². The molecule has 0 bridgehead atoms. The second-order valence-electron chi connectivity index (χ2n) is 21.1.